The van der Waals surface area contributed by atoms with Crippen molar-refractivity contribution in [2.75, 3.05) is 6.61 Å². The Morgan fingerprint density at radius 2 is 2.06 bits per heavy atom. The van der Waals surface area contributed by atoms with Crippen LogP contribution < -0.4 is 5.32 Å². The van der Waals surface area contributed by atoms with Gasteiger partial charge in [-0.1, -0.05) is 13.3 Å². The van der Waals surface area contributed by atoms with Crippen LogP contribution in [0.1, 0.15) is 51.9 Å². The lowest BCUT2D eigenvalue weighted by molar-refractivity contribution is -0.143. The number of carbonyl (C=O) groups is 1. The van der Waals surface area contributed by atoms with Crippen LogP contribution in [0.4, 0.5) is 0 Å². The van der Waals surface area contributed by atoms with Gasteiger partial charge in [0.2, 0.25) is 0 Å². The number of carboxylic acids is 1. The summed E-state index contributed by atoms with van der Waals surface area (Å²) in [5.41, 5.74) is 0. The molecule has 4 heteroatoms. The predicted octanol–water partition coefficient (Wildman–Crippen LogP) is 2.18. The van der Waals surface area contributed by atoms with Gasteiger partial charge < -0.3 is 15.2 Å². The Morgan fingerprint density at radius 3 is 2.78 bits per heavy atom. The maximum atomic E-state index is 11.0. The Labute approximate surface area is 109 Å². The number of hydrogen-bond donors (Lipinski definition) is 2. The molecule has 0 aromatic heterocycles. The molecule has 0 bridgehead atoms. The molecule has 104 valence electrons. The summed E-state index contributed by atoms with van der Waals surface area (Å²) in [6.07, 6.45) is 7.39. The van der Waals surface area contributed by atoms with Crippen molar-refractivity contribution in [3.63, 3.8) is 0 Å². The molecule has 18 heavy (non-hydrogen) atoms. The lowest BCUT2D eigenvalue weighted by Gasteiger charge is -2.35. The van der Waals surface area contributed by atoms with E-state index in [9.17, 15) is 4.79 Å². The Bertz CT molecular complexity index is 282. The van der Waals surface area contributed by atoms with E-state index in [0.717, 1.165) is 51.6 Å². The molecule has 4 unspecified atom stereocenters. The van der Waals surface area contributed by atoms with Gasteiger partial charge in [-0.2, -0.15) is 0 Å². The van der Waals surface area contributed by atoms with E-state index < -0.39 is 5.97 Å². The lowest BCUT2D eigenvalue weighted by Crippen LogP contribution is -2.46. The summed E-state index contributed by atoms with van der Waals surface area (Å²) < 4.78 is 5.67. The number of carboxylic acid groups (broad SMARTS) is 1. The average molecular weight is 255 g/mol. The number of nitrogens with one attached hydrogen (secondary N) is 1. The van der Waals surface area contributed by atoms with Crippen molar-refractivity contribution in [2.24, 2.45) is 5.92 Å². The average Bonchev–Trinajstić information content (AvgIpc) is 2.39. The van der Waals surface area contributed by atoms with Gasteiger partial charge in [-0.15, -0.1) is 0 Å². The van der Waals surface area contributed by atoms with Crippen LogP contribution >= 0.6 is 0 Å². The molecule has 0 amide bonds. The van der Waals surface area contributed by atoms with Crippen LogP contribution in [0.3, 0.4) is 0 Å². The summed E-state index contributed by atoms with van der Waals surface area (Å²) in [6, 6.07) is 0.904. The lowest BCUT2D eigenvalue weighted by atomic mass is 9.85. The Balaban J connectivity index is 1.79. The third-order valence-corrected chi connectivity index (χ3v) is 4.32. The highest BCUT2D eigenvalue weighted by Crippen LogP contribution is 2.26. The molecule has 1 saturated carbocycles. The van der Waals surface area contributed by atoms with Gasteiger partial charge in [0.05, 0.1) is 12.0 Å². The normalized spacial score (nSPS) is 37.4. The van der Waals surface area contributed by atoms with E-state index in [-0.39, 0.29) is 5.92 Å². The van der Waals surface area contributed by atoms with Crippen molar-refractivity contribution < 1.29 is 14.6 Å². The van der Waals surface area contributed by atoms with Crippen LogP contribution in [0.25, 0.3) is 0 Å². The van der Waals surface area contributed by atoms with E-state index in [2.05, 4.69) is 12.2 Å². The minimum Gasteiger partial charge on any atom is -0.481 e. The van der Waals surface area contributed by atoms with E-state index in [1.807, 2.05) is 0 Å². The molecule has 1 aliphatic carbocycles. The highest BCUT2D eigenvalue weighted by atomic mass is 16.5. The van der Waals surface area contributed by atoms with E-state index in [1.165, 1.54) is 0 Å². The standard InChI is InChI=1S/C14H25NO3/c1-2-13-9-12(6-7-18-13)15-11-5-3-4-10(8-11)14(16)17/h10-13,15H,2-9H2,1H3,(H,16,17). The van der Waals surface area contributed by atoms with Crippen molar-refractivity contribution in [3.05, 3.63) is 0 Å². The molecule has 0 aromatic rings. The van der Waals surface area contributed by atoms with E-state index in [0.29, 0.717) is 18.2 Å². The first-order valence-electron chi connectivity index (χ1n) is 7.29. The molecule has 2 fully saturated rings. The number of ether oxygens (including phenoxy) is 1. The zero-order valence-corrected chi connectivity index (χ0v) is 11.2. The molecular formula is C14H25NO3. The monoisotopic (exact) mass is 255 g/mol. The first-order chi connectivity index (χ1) is 8.69. The first kappa shape index (κ1) is 13.8. The van der Waals surface area contributed by atoms with E-state index >= 15 is 0 Å². The van der Waals surface area contributed by atoms with Gasteiger partial charge in [0, 0.05) is 18.7 Å². The van der Waals surface area contributed by atoms with E-state index in [4.69, 9.17) is 9.84 Å². The Hall–Kier alpha value is -0.610. The second-order valence-corrected chi connectivity index (χ2v) is 5.69. The molecule has 2 N–H and O–H groups in total. The van der Waals surface area contributed by atoms with Crippen LogP contribution in [0.15, 0.2) is 0 Å². The predicted molar refractivity (Wildman–Crippen MR) is 69.6 cm³/mol. The fraction of sp³-hybridized carbons (Fsp3) is 0.929. The zero-order chi connectivity index (χ0) is 13.0. The minimum absolute atomic E-state index is 0.141. The van der Waals surface area contributed by atoms with Crippen molar-refractivity contribution >= 4 is 5.97 Å². The van der Waals surface area contributed by atoms with Crippen molar-refractivity contribution in [1.82, 2.24) is 5.32 Å². The fourth-order valence-corrected chi connectivity index (χ4v) is 3.21. The van der Waals surface area contributed by atoms with Crippen LogP contribution in [0.5, 0.6) is 0 Å². The van der Waals surface area contributed by atoms with E-state index in [1.54, 1.807) is 0 Å². The van der Waals surface area contributed by atoms with Crippen LogP contribution in [0, 0.1) is 5.92 Å². The van der Waals surface area contributed by atoms with Gasteiger partial charge in [0.1, 0.15) is 0 Å². The molecule has 1 aliphatic heterocycles. The summed E-state index contributed by atoms with van der Waals surface area (Å²) in [6.45, 7) is 3.00. The number of hydrogen-bond acceptors (Lipinski definition) is 3. The number of rotatable bonds is 4. The van der Waals surface area contributed by atoms with Gasteiger partial charge in [0.15, 0.2) is 0 Å². The smallest absolute Gasteiger partial charge is 0.306 e. The van der Waals surface area contributed by atoms with Gasteiger partial charge >= 0.3 is 5.97 Å². The molecule has 2 rings (SSSR count). The molecule has 4 nitrogen and oxygen atoms in total. The summed E-state index contributed by atoms with van der Waals surface area (Å²) in [4.78, 5) is 11.0. The Morgan fingerprint density at radius 1 is 1.28 bits per heavy atom. The highest BCUT2D eigenvalue weighted by Gasteiger charge is 2.29. The van der Waals surface area contributed by atoms with Crippen molar-refractivity contribution in [1.29, 1.82) is 0 Å². The maximum absolute atomic E-state index is 11.0. The topological polar surface area (TPSA) is 58.6 Å². The summed E-state index contributed by atoms with van der Waals surface area (Å²) in [7, 11) is 0. The molecule has 0 radical (unpaired) electrons. The highest BCUT2D eigenvalue weighted by molar-refractivity contribution is 5.70. The second kappa shape index (κ2) is 6.53. The molecule has 2 aliphatic rings. The second-order valence-electron chi connectivity index (χ2n) is 5.69. The summed E-state index contributed by atoms with van der Waals surface area (Å²) >= 11 is 0. The molecule has 0 aromatic carbocycles. The summed E-state index contributed by atoms with van der Waals surface area (Å²) in [5, 5.41) is 12.8. The summed E-state index contributed by atoms with van der Waals surface area (Å²) in [5.74, 6) is -0.766. The van der Waals surface area contributed by atoms with Crippen LogP contribution in [-0.4, -0.2) is 35.9 Å². The van der Waals surface area contributed by atoms with Crippen LogP contribution in [-0.2, 0) is 9.53 Å². The fourth-order valence-electron chi connectivity index (χ4n) is 3.21. The quantitative estimate of drug-likeness (QED) is 0.808. The first-order valence-corrected chi connectivity index (χ1v) is 7.29. The Kier molecular flexibility index (Phi) is 5.01. The van der Waals surface area contributed by atoms with Gasteiger partial charge in [-0.05, 0) is 38.5 Å². The zero-order valence-electron chi connectivity index (χ0n) is 11.2. The molecule has 4 atom stereocenters. The van der Waals surface area contributed by atoms with Gasteiger partial charge in [-0.3, -0.25) is 4.79 Å². The minimum atomic E-state index is -0.625. The van der Waals surface area contributed by atoms with Gasteiger partial charge in [0.25, 0.3) is 0 Å². The molecule has 1 heterocycles. The van der Waals surface area contributed by atoms with Crippen molar-refractivity contribution in [2.45, 2.75) is 70.1 Å². The third kappa shape index (κ3) is 3.69. The SMILES string of the molecule is CCC1CC(NC2CCCC(C(=O)O)C2)CCO1. The third-order valence-electron chi connectivity index (χ3n) is 4.32. The van der Waals surface area contributed by atoms with Crippen LogP contribution in [0.2, 0.25) is 0 Å². The number of aliphatic carboxylic acids is 1. The van der Waals surface area contributed by atoms with Crippen molar-refractivity contribution in [3.8, 4) is 0 Å². The van der Waals surface area contributed by atoms with Gasteiger partial charge in [-0.25, -0.2) is 0 Å². The molecule has 0 spiro atoms. The molecular weight excluding hydrogens is 230 g/mol. The molecule has 1 saturated heterocycles. The largest absolute Gasteiger partial charge is 0.481 e. The maximum Gasteiger partial charge on any atom is 0.306 e.